The van der Waals surface area contributed by atoms with Crippen molar-refractivity contribution in [3.8, 4) is 0 Å². The van der Waals surface area contributed by atoms with Crippen molar-refractivity contribution in [2.45, 2.75) is 23.8 Å². The molecular weight excluding hydrogens is 282 g/mol. The molecule has 2 rings (SSSR count). The summed E-state index contributed by atoms with van der Waals surface area (Å²) in [6, 6.07) is 8.62. The van der Waals surface area contributed by atoms with E-state index in [9.17, 15) is 4.79 Å². The molecule has 0 unspecified atom stereocenters. The Labute approximate surface area is 120 Å². The van der Waals surface area contributed by atoms with Gasteiger partial charge in [0.25, 0.3) is 0 Å². The molecular formula is C14H12ClNO2S. The summed E-state index contributed by atoms with van der Waals surface area (Å²) in [7, 11) is 0. The fourth-order valence-electron chi connectivity index (χ4n) is 1.73. The van der Waals surface area contributed by atoms with Gasteiger partial charge in [0.05, 0.1) is 5.56 Å². The minimum absolute atomic E-state index is 0.232. The predicted octanol–water partition coefficient (Wildman–Crippen LogP) is 4.20. The van der Waals surface area contributed by atoms with Gasteiger partial charge in [0.2, 0.25) is 0 Å². The van der Waals surface area contributed by atoms with Crippen LogP contribution in [0.25, 0.3) is 0 Å². The third-order valence-corrected chi connectivity index (χ3v) is 3.67. The van der Waals surface area contributed by atoms with Crippen LogP contribution in [0.1, 0.15) is 21.6 Å². The highest BCUT2D eigenvalue weighted by Crippen LogP contribution is 2.32. The molecule has 0 fully saturated rings. The first-order valence-electron chi connectivity index (χ1n) is 5.61. The van der Waals surface area contributed by atoms with E-state index in [0.717, 1.165) is 16.3 Å². The summed E-state index contributed by atoms with van der Waals surface area (Å²) in [5, 5.41) is 10.4. The van der Waals surface area contributed by atoms with E-state index in [1.54, 1.807) is 12.1 Å². The van der Waals surface area contributed by atoms with E-state index >= 15 is 0 Å². The van der Waals surface area contributed by atoms with Crippen molar-refractivity contribution < 1.29 is 9.90 Å². The average molecular weight is 294 g/mol. The lowest BCUT2D eigenvalue weighted by Gasteiger charge is -2.07. The molecule has 0 aliphatic rings. The second kappa shape index (κ2) is 5.63. The first-order chi connectivity index (χ1) is 8.95. The summed E-state index contributed by atoms with van der Waals surface area (Å²) in [5.74, 6) is -0.969. The van der Waals surface area contributed by atoms with E-state index in [1.165, 1.54) is 17.8 Å². The molecule has 3 nitrogen and oxygen atoms in total. The lowest BCUT2D eigenvalue weighted by molar-refractivity contribution is 0.0693. The number of rotatable bonds is 3. The average Bonchev–Trinajstić information content (AvgIpc) is 2.26. The van der Waals surface area contributed by atoms with Crippen LogP contribution in [0.15, 0.2) is 40.3 Å². The lowest BCUT2D eigenvalue weighted by atomic mass is 10.2. The molecule has 2 aromatic rings. The number of aromatic nitrogens is 1. The predicted molar refractivity (Wildman–Crippen MR) is 76.2 cm³/mol. The van der Waals surface area contributed by atoms with Gasteiger partial charge in [0.15, 0.2) is 0 Å². The number of halogens is 1. The number of hydrogen-bond donors (Lipinski definition) is 1. The number of pyridine rings is 1. The van der Waals surface area contributed by atoms with Crippen molar-refractivity contribution in [3.63, 3.8) is 0 Å². The summed E-state index contributed by atoms with van der Waals surface area (Å²) < 4.78 is 0. The zero-order chi connectivity index (χ0) is 14.0. The Kier molecular flexibility index (Phi) is 4.12. The standard InChI is InChI=1S/C14H12ClNO2S/c1-8-5-9(2)16-13(6-8)19-12-7-10(15)3-4-11(12)14(17)18/h3-7H,1-2H3,(H,17,18). The molecule has 98 valence electrons. The van der Waals surface area contributed by atoms with E-state index in [4.69, 9.17) is 16.7 Å². The molecule has 1 N–H and O–H groups in total. The number of aromatic carboxylic acids is 1. The quantitative estimate of drug-likeness (QED) is 0.921. The van der Waals surface area contributed by atoms with Gasteiger partial charge in [-0.05, 0) is 49.7 Å². The maximum atomic E-state index is 11.2. The van der Waals surface area contributed by atoms with Crippen molar-refractivity contribution in [1.82, 2.24) is 4.98 Å². The van der Waals surface area contributed by atoms with Gasteiger partial charge >= 0.3 is 5.97 Å². The maximum Gasteiger partial charge on any atom is 0.336 e. The van der Waals surface area contributed by atoms with Gasteiger partial charge in [-0.2, -0.15) is 0 Å². The van der Waals surface area contributed by atoms with Gasteiger partial charge in [0, 0.05) is 15.6 Å². The molecule has 0 saturated carbocycles. The van der Waals surface area contributed by atoms with Crippen LogP contribution in [-0.4, -0.2) is 16.1 Å². The number of nitrogens with zero attached hydrogens (tertiary/aromatic N) is 1. The zero-order valence-corrected chi connectivity index (χ0v) is 12.0. The van der Waals surface area contributed by atoms with Gasteiger partial charge in [-0.25, -0.2) is 9.78 Å². The molecule has 0 saturated heterocycles. The number of carbonyl (C=O) groups is 1. The Morgan fingerprint density at radius 3 is 2.63 bits per heavy atom. The Hall–Kier alpha value is -1.52. The highest BCUT2D eigenvalue weighted by Gasteiger charge is 2.12. The fourth-order valence-corrected chi connectivity index (χ4v) is 3.07. The van der Waals surface area contributed by atoms with E-state index in [2.05, 4.69) is 4.98 Å². The number of benzene rings is 1. The topological polar surface area (TPSA) is 50.2 Å². The third-order valence-electron chi connectivity index (χ3n) is 2.46. The second-order valence-corrected chi connectivity index (χ2v) is 5.67. The van der Waals surface area contributed by atoms with Crippen molar-refractivity contribution in [2.24, 2.45) is 0 Å². The zero-order valence-electron chi connectivity index (χ0n) is 10.5. The third kappa shape index (κ3) is 3.49. The first kappa shape index (κ1) is 13.9. The second-order valence-electron chi connectivity index (χ2n) is 4.17. The number of carboxylic acid groups (broad SMARTS) is 1. The van der Waals surface area contributed by atoms with Crippen LogP contribution in [-0.2, 0) is 0 Å². The molecule has 5 heteroatoms. The van der Waals surface area contributed by atoms with Crippen LogP contribution in [0.3, 0.4) is 0 Å². The molecule has 0 radical (unpaired) electrons. The Bertz CT molecular complexity index is 623. The molecule has 0 atom stereocenters. The van der Waals surface area contributed by atoms with Crippen LogP contribution in [0.5, 0.6) is 0 Å². The van der Waals surface area contributed by atoms with Crippen molar-refractivity contribution in [2.75, 3.05) is 0 Å². The van der Waals surface area contributed by atoms with Crippen LogP contribution in [0.2, 0.25) is 5.02 Å². The molecule has 0 aliphatic carbocycles. The number of carboxylic acids is 1. The smallest absolute Gasteiger partial charge is 0.336 e. The largest absolute Gasteiger partial charge is 0.478 e. The van der Waals surface area contributed by atoms with Crippen molar-refractivity contribution in [3.05, 3.63) is 52.2 Å². The highest BCUT2D eigenvalue weighted by molar-refractivity contribution is 7.99. The van der Waals surface area contributed by atoms with Crippen molar-refractivity contribution >= 4 is 29.3 Å². The summed E-state index contributed by atoms with van der Waals surface area (Å²) in [6.07, 6.45) is 0. The first-order valence-corrected chi connectivity index (χ1v) is 6.81. The van der Waals surface area contributed by atoms with Gasteiger partial charge in [-0.3, -0.25) is 0 Å². The van der Waals surface area contributed by atoms with Gasteiger partial charge in [-0.15, -0.1) is 0 Å². The highest BCUT2D eigenvalue weighted by atomic mass is 35.5. The van der Waals surface area contributed by atoms with E-state index in [0.29, 0.717) is 9.92 Å². The minimum atomic E-state index is -0.969. The normalized spacial score (nSPS) is 10.5. The summed E-state index contributed by atoms with van der Waals surface area (Å²) in [6.45, 7) is 3.89. The SMILES string of the molecule is Cc1cc(C)nc(Sc2cc(Cl)ccc2C(=O)O)c1. The summed E-state index contributed by atoms with van der Waals surface area (Å²) in [5.41, 5.74) is 2.23. The molecule has 0 aliphatic heterocycles. The van der Waals surface area contributed by atoms with Crippen LogP contribution < -0.4 is 0 Å². The lowest BCUT2D eigenvalue weighted by Crippen LogP contribution is -1.99. The number of hydrogen-bond acceptors (Lipinski definition) is 3. The van der Waals surface area contributed by atoms with Gasteiger partial charge < -0.3 is 5.11 Å². The number of aryl methyl sites for hydroxylation is 2. The van der Waals surface area contributed by atoms with Gasteiger partial charge in [-0.1, -0.05) is 23.4 Å². The summed E-state index contributed by atoms with van der Waals surface area (Å²) >= 11 is 7.23. The molecule has 0 bridgehead atoms. The monoisotopic (exact) mass is 293 g/mol. The molecule has 1 aromatic heterocycles. The molecule has 0 spiro atoms. The van der Waals surface area contributed by atoms with Crippen LogP contribution >= 0.6 is 23.4 Å². The molecule has 0 amide bonds. The molecule has 1 heterocycles. The van der Waals surface area contributed by atoms with Crippen LogP contribution in [0.4, 0.5) is 0 Å². The summed E-state index contributed by atoms with van der Waals surface area (Å²) in [4.78, 5) is 16.2. The Morgan fingerprint density at radius 1 is 1.26 bits per heavy atom. The maximum absolute atomic E-state index is 11.2. The molecule has 19 heavy (non-hydrogen) atoms. The fraction of sp³-hybridized carbons (Fsp3) is 0.143. The van der Waals surface area contributed by atoms with E-state index in [1.807, 2.05) is 26.0 Å². The Balaban J connectivity index is 2.42. The van der Waals surface area contributed by atoms with E-state index in [-0.39, 0.29) is 5.56 Å². The van der Waals surface area contributed by atoms with E-state index < -0.39 is 5.97 Å². The Morgan fingerprint density at radius 2 is 2.00 bits per heavy atom. The van der Waals surface area contributed by atoms with Crippen LogP contribution in [0, 0.1) is 13.8 Å². The van der Waals surface area contributed by atoms with Gasteiger partial charge in [0.1, 0.15) is 5.03 Å². The molecule has 1 aromatic carbocycles. The minimum Gasteiger partial charge on any atom is -0.478 e. The van der Waals surface area contributed by atoms with Crippen molar-refractivity contribution in [1.29, 1.82) is 0 Å².